The van der Waals surface area contributed by atoms with Crippen LogP contribution in [0.5, 0.6) is 11.5 Å². The van der Waals surface area contributed by atoms with Gasteiger partial charge in [-0.2, -0.15) is 0 Å². The Morgan fingerprint density at radius 2 is 1.61 bits per heavy atom. The minimum atomic E-state index is -0.433. The number of nitrogens with zero attached hydrogens (tertiary/aromatic N) is 2. The zero-order chi connectivity index (χ0) is 29.7. The van der Waals surface area contributed by atoms with Gasteiger partial charge in [-0.05, 0) is 60.6 Å². The van der Waals surface area contributed by atoms with Gasteiger partial charge in [0.1, 0.15) is 30.5 Å². The number of rotatable bonds is 9. The van der Waals surface area contributed by atoms with Crippen LogP contribution in [0.3, 0.4) is 0 Å². The fraction of sp³-hybridized carbons (Fsp3) is 0.406. The highest BCUT2D eigenvalue weighted by Gasteiger charge is 2.39. The topological polar surface area (TPSA) is 141 Å². The molecular weight excluding hydrogens is 520 g/mol. The molecular formula is C32H40N4O5. The summed E-state index contributed by atoms with van der Waals surface area (Å²) in [4.78, 5) is 29.6. The first-order valence-corrected chi connectivity index (χ1v) is 14.1. The number of benzene rings is 2. The summed E-state index contributed by atoms with van der Waals surface area (Å²) in [6.07, 6.45) is 3.23. The molecule has 2 amide bonds. The third-order valence-corrected chi connectivity index (χ3v) is 7.02. The first kappa shape index (κ1) is 30.0. The number of ether oxygens (including phenoxy) is 2. The van der Waals surface area contributed by atoms with E-state index in [9.17, 15) is 14.7 Å². The van der Waals surface area contributed by atoms with Crippen molar-refractivity contribution in [3.63, 3.8) is 0 Å². The molecule has 9 heteroatoms. The molecule has 2 aromatic carbocycles. The number of aromatic nitrogens is 1. The second kappa shape index (κ2) is 13.1. The number of nitrogen functional groups attached to an aromatic ring is 1. The molecule has 0 unspecified atom stereocenters. The number of carbonyl (C=O) groups is 2. The summed E-state index contributed by atoms with van der Waals surface area (Å²) in [6, 6.07) is 14.3. The van der Waals surface area contributed by atoms with Crippen LogP contribution in [0.25, 0.3) is 11.1 Å². The fourth-order valence-corrected chi connectivity index (χ4v) is 5.20. The summed E-state index contributed by atoms with van der Waals surface area (Å²) in [5.41, 5.74) is 15.9. The monoisotopic (exact) mass is 560 g/mol. The van der Waals surface area contributed by atoms with Gasteiger partial charge in [-0.3, -0.25) is 14.5 Å². The third-order valence-electron chi connectivity index (χ3n) is 7.02. The lowest BCUT2D eigenvalue weighted by Crippen LogP contribution is -2.42. The van der Waals surface area contributed by atoms with Crippen LogP contribution < -0.4 is 20.9 Å². The summed E-state index contributed by atoms with van der Waals surface area (Å²) >= 11 is 0. The molecule has 218 valence electrons. The lowest BCUT2D eigenvalue weighted by Gasteiger charge is -2.25. The molecule has 2 aliphatic heterocycles. The van der Waals surface area contributed by atoms with Gasteiger partial charge in [0.05, 0.1) is 30.0 Å². The first-order valence-electron chi connectivity index (χ1n) is 14.1. The van der Waals surface area contributed by atoms with E-state index in [0.717, 1.165) is 34.6 Å². The second-order valence-electron chi connectivity index (χ2n) is 11.4. The van der Waals surface area contributed by atoms with Crippen molar-refractivity contribution in [3.05, 3.63) is 71.4 Å². The molecule has 3 aromatic rings. The van der Waals surface area contributed by atoms with E-state index in [-0.39, 0.29) is 24.5 Å². The lowest BCUT2D eigenvalue weighted by molar-refractivity contribution is 0.0489. The standard InChI is InChI=1S/C18H23N3O2.C14H17NO3/c1-11(2)5-13(19)10-22-14-3-4-15-12(6-14)9-23-17-8-21-18(20)7-16(15)17;1-9(2)7-10(8-16)15-13(17)11-5-3-4-6-12(11)14(15)18/h3-4,6-8,11,13H,5,9-10,19H2,1-2H3,(H2,20,21);3-6,9-10,16H,7-8H2,1-2H3/t13-;10-/m00/s1. The maximum Gasteiger partial charge on any atom is 0.261 e. The van der Waals surface area contributed by atoms with Crippen molar-refractivity contribution in [1.82, 2.24) is 9.88 Å². The summed E-state index contributed by atoms with van der Waals surface area (Å²) < 4.78 is 11.6. The van der Waals surface area contributed by atoms with Crippen molar-refractivity contribution >= 4 is 17.6 Å². The summed E-state index contributed by atoms with van der Waals surface area (Å²) in [6.45, 7) is 9.15. The molecule has 0 aliphatic carbocycles. The molecule has 1 aromatic heterocycles. The molecule has 0 radical (unpaired) electrons. The van der Waals surface area contributed by atoms with Gasteiger partial charge in [0, 0.05) is 17.2 Å². The Morgan fingerprint density at radius 3 is 2.22 bits per heavy atom. The number of pyridine rings is 1. The maximum atomic E-state index is 12.2. The molecule has 0 fully saturated rings. The molecule has 3 heterocycles. The van der Waals surface area contributed by atoms with E-state index in [0.29, 0.717) is 48.4 Å². The number of aliphatic hydroxyl groups is 1. The quantitative estimate of drug-likeness (QED) is 0.321. The SMILES string of the molecule is CC(C)C[C@@H](CO)N1C(=O)c2ccccc2C1=O.CC(C)C[C@H](N)COc1ccc2c(c1)COc1cnc(N)cc1-2. The smallest absolute Gasteiger partial charge is 0.261 e. The number of amides is 2. The van der Waals surface area contributed by atoms with E-state index in [1.165, 1.54) is 4.90 Å². The van der Waals surface area contributed by atoms with Gasteiger partial charge >= 0.3 is 0 Å². The zero-order valence-electron chi connectivity index (χ0n) is 24.2. The number of carbonyl (C=O) groups excluding carboxylic acids is 2. The number of imide groups is 1. The van der Waals surface area contributed by atoms with Crippen molar-refractivity contribution in [3.8, 4) is 22.6 Å². The Bertz CT molecular complexity index is 1360. The normalized spacial score (nSPS) is 15.0. The van der Waals surface area contributed by atoms with Crippen molar-refractivity contribution in [2.24, 2.45) is 17.6 Å². The van der Waals surface area contributed by atoms with Gasteiger partial charge in [-0.1, -0.05) is 45.9 Å². The number of hydrogen-bond donors (Lipinski definition) is 3. The zero-order valence-corrected chi connectivity index (χ0v) is 24.2. The highest BCUT2D eigenvalue weighted by Crippen LogP contribution is 2.39. The van der Waals surface area contributed by atoms with Crippen LogP contribution in [0.2, 0.25) is 0 Å². The minimum Gasteiger partial charge on any atom is -0.492 e. The molecule has 2 aliphatic rings. The van der Waals surface area contributed by atoms with Crippen molar-refractivity contribution in [2.45, 2.75) is 59.2 Å². The molecule has 0 spiro atoms. The lowest BCUT2D eigenvalue weighted by atomic mass is 9.98. The average molecular weight is 561 g/mol. The van der Waals surface area contributed by atoms with E-state index in [1.54, 1.807) is 30.5 Å². The Balaban J connectivity index is 0.000000195. The van der Waals surface area contributed by atoms with E-state index < -0.39 is 6.04 Å². The van der Waals surface area contributed by atoms with Crippen LogP contribution in [0, 0.1) is 11.8 Å². The molecule has 0 saturated carbocycles. The van der Waals surface area contributed by atoms with Gasteiger partial charge in [-0.15, -0.1) is 0 Å². The van der Waals surface area contributed by atoms with Gasteiger partial charge in [0.2, 0.25) is 0 Å². The molecule has 2 atom stereocenters. The molecule has 0 saturated heterocycles. The number of anilines is 1. The minimum absolute atomic E-state index is 0.0499. The Morgan fingerprint density at radius 1 is 0.951 bits per heavy atom. The number of fused-ring (bicyclic) bond motifs is 4. The Kier molecular flexibility index (Phi) is 9.62. The first-order chi connectivity index (χ1) is 19.6. The molecule has 5 rings (SSSR count). The van der Waals surface area contributed by atoms with Crippen LogP contribution in [0.1, 0.15) is 66.8 Å². The van der Waals surface area contributed by atoms with E-state index in [1.807, 2.05) is 38.1 Å². The van der Waals surface area contributed by atoms with E-state index >= 15 is 0 Å². The number of hydrogen-bond acceptors (Lipinski definition) is 8. The highest BCUT2D eigenvalue weighted by molar-refractivity contribution is 6.21. The van der Waals surface area contributed by atoms with E-state index in [2.05, 4.69) is 18.8 Å². The third kappa shape index (κ3) is 7.04. The van der Waals surface area contributed by atoms with Crippen LogP contribution in [-0.2, 0) is 6.61 Å². The van der Waals surface area contributed by atoms with Crippen LogP contribution in [0.15, 0.2) is 54.7 Å². The Labute approximate surface area is 241 Å². The number of nitrogens with two attached hydrogens (primary N) is 2. The fourth-order valence-electron chi connectivity index (χ4n) is 5.20. The molecule has 9 nitrogen and oxygen atoms in total. The van der Waals surface area contributed by atoms with Crippen molar-refractivity contribution < 1.29 is 24.2 Å². The predicted octanol–water partition coefficient (Wildman–Crippen LogP) is 4.67. The van der Waals surface area contributed by atoms with Crippen LogP contribution in [-0.4, -0.2) is 52.1 Å². The van der Waals surface area contributed by atoms with Crippen molar-refractivity contribution in [1.29, 1.82) is 0 Å². The largest absolute Gasteiger partial charge is 0.492 e. The number of aliphatic hydroxyl groups excluding tert-OH is 1. The second-order valence-corrected chi connectivity index (χ2v) is 11.4. The van der Waals surface area contributed by atoms with Crippen molar-refractivity contribution in [2.75, 3.05) is 18.9 Å². The predicted molar refractivity (Wildman–Crippen MR) is 159 cm³/mol. The summed E-state index contributed by atoms with van der Waals surface area (Å²) in [5, 5.41) is 9.40. The van der Waals surface area contributed by atoms with Gasteiger partial charge in [0.25, 0.3) is 11.8 Å². The Hall–Kier alpha value is -3.95. The molecule has 41 heavy (non-hydrogen) atoms. The van der Waals surface area contributed by atoms with Gasteiger partial charge in [-0.25, -0.2) is 4.98 Å². The van der Waals surface area contributed by atoms with E-state index in [4.69, 9.17) is 20.9 Å². The highest BCUT2D eigenvalue weighted by atomic mass is 16.5. The summed E-state index contributed by atoms with van der Waals surface area (Å²) in [7, 11) is 0. The average Bonchev–Trinajstić information content (AvgIpc) is 3.19. The molecule has 0 bridgehead atoms. The van der Waals surface area contributed by atoms with Crippen LogP contribution >= 0.6 is 0 Å². The van der Waals surface area contributed by atoms with Gasteiger partial charge < -0.3 is 26.0 Å². The van der Waals surface area contributed by atoms with Crippen LogP contribution in [0.4, 0.5) is 5.82 Å². The maximum absolute atomic E-state index is 12.2. The summed E-state index contributed by atoms with van der Waals surface area (Å²) in [5.74, 6) is 2.36. The van der Waals surface area contributed by atoms with Gasteiger partial charge in [0.15, 0.2) is 0 Å². The molecule has 5 N–H and O–H groups in total.